The van der Waals surface area contributed by atoms with Gasteiger partial charge in [0, 0.05) is 11.0 Å². The van der Waals surface area contributed by atoms with Gasteiger partial charge in [0.1, 0.15) is 0 Å². The number of hydrogen-bond acceptors (Lipinski definition) is 3. The van der Waals surface area contributed by atoms with Crippen molar-refractivity contribution in [3.63, 3.8) is 0 Å². The maximum Gasteiger partial charge on any atom is 0.235 e. The maximum atomic E-state index is 11.0. The van der Waals surface area contributed by atoms with Crippen LogP contribution in [0, 0.1) is 5.92 Å². The zero-order chi connectivity index (χ0) is 11.3. The molecule has 1 amide bonds. The van der Waals surface area contributed by atoms with E-state index >= 15 is 0 Å². The minimum absolute atomic E-state index is 0.174. The smallest absolute Gasteiger partial charge is 0.235 e. The third kappa shape index (κ3) is 4.43. The predicted molar refractivity (Wildman–Crippen MR) is 65.9 cm³/mol. The van der Waals surface area contributed by atoms with Gasteiger partial charge in [-0.25, -0.2) is 0 Å². The van der Waals surface area contributed by atoms with E-state index in [4.69, 9.17) is 5.73 Å². The Balaban J connectivity index is 2.26. The first-order chi connectivity index (χ1) is 7.13. The summed E-state index contributed by atoms with van der Waals surface area (Å²) in [6.07, 6.45) is 5.28. The van der Waals surface area contributed by atoms with Crippen LogP contribution in [0.1, 0.15) is 32.6 Å². The topological polar surface area (TPSA) is 55.1 Å². The van der Waals surface area contributed by atoms with E-state index in [-0.39, 0.29) is 11.9 Å². The van der Waals surface area contributed by atoms with Crippen LogP contribution in [0.2, 0.25) is 0 Å². The molecule has 3 N–H and O–H groups in total. The number of nitrogens with two attached hydrogens (primary N) is 1. The van der Waals surface area contributed by atoms with Gasteiger partial charge in [-0.05, 0) is 25.8 Å². The zero-order valence-corrected chi connectivity index (χ0v) is 10.5. The molecule has 0 bridgehead atoms. The number of primary amides is 1. The molecule has 3 unspecified atom stereocenters. The molecule has 0 aromatic rings. The summed E-state index contributed by atoms with van der Waals surface area (Å²) in [4.78, 5) is 11.0. The lowest BCUT2D eigenvalue weighted by Gasteiger charge is -2.27. The molecule has 15 heavy (non-hydrogen) atoms. The van der Waals surface area contributed by atoms with Gasteiger partial charge in [-0.2, -0.15) is 11.8 Å². The highest BCUT2D eigenvalue weighted by Gasteiger charge is 2.21. The van der Waals surface area contributed by atoms with E-state index in [0.29, 0.717) is 0 Å². The summed E-state index contributed by atoms with van der Waals surface area (Å²) in [5, 5.41) is 3.68. The van der Waals surface area contributed by atoms with Gasteiger partial charge in [-0.3, -0.25) is 4.79 Å². The third-order valence-electron chi connectivity index (χ3n) is 3.08. The molecule has 1 rings (SSSR count). The Hall–Kier alpha value is -0.220. The summed E-state index contributed by atoms with van der Waals surface area (Å²) in [5.41, 5.74) is 5.28. The second-order valence-corrected chi connectivity index (χ2v) is 5.80. The largest absolute Gasteiger partial charge is 0.368 e. The zero-order valence-electron chi connectivity index (χ0n) is 9.66. The highest BCUT2D eigenvalue weighted by molar-refractivity contribution is 7.99. The van der Waals surface area contributed by atoms with E-state index in [1.54, 1.807) is 7.05 Å². The van der Waals surface area contributed by atoms with Crippen LogP contribution in [-0.4, -0.2) is 30.0 Å². The molecule has 3 nitrogen and oxygen atoms in total. The van der Waals surface area contributed by atoms with E-state index < -0.39 is 0 Å². The molecule has 0 radical (unpaired) electrons. The van der Waals surface area contributed by atoms with Gasteiger partial charge in [0.2, 0.25) is 5.91 Å². The van der Waals surface area contributed by atoms with E-state index in [1.165, 1.54) is 25.7 Å². The van der Waals surface area contributed by atoms with Crippen molar-refractivity contribution in [2.24, 2.45) is 11.7 Å². The second-order valence-electron chi connectivity index (χ2n) is 4.47. The summed E-state index contributed by atoms with van der Waals surface area (Å²) in [6, 6.07) is -0.174. The number of hydrogen-bond donors (Lipinski definition) is 2. The Kier molecular flexibility index (Phi) is 5.47. The monoisotopic (exact) mass is 230 g/mol. The summed E-state index contributed by atoms with van der Waals surface area (Å²) < 4.78 is 0. The molecule has 1 fully saturated rings. The molecule has 88 valence electrons. The number of carbonyl (C=O) groups excluding carboxylic acids is 1. The highest BCUT2D eigenvalue weighted by atomic mass is 32.2. The Labute approximate surface area is 96.6 Å². The minimum Gasteiger partial charge on any atom is -0.368 e. The molecule has 0 aliphatic heterocycles. The van der Waals surface area contributed by atoms with Gasteiger partial charge in [-0.15, -0.1) is 0 Å². The van der Waals surface area contributed by atoms with Crippen molar-refractivity contribution in [3.05, 3.63) is 0 Å². The van der Waals surface area contributed by atoms with Crippen molar-refractivity contribution in [3.8, 4) is 0 Å². The molecule has 0 heterocycles. The van der Waals surface area contributed by atoms with Gasteiger partial charge < -0.3 is 11.1 Å². The van der Waals surface area contributed by atoms with Crippen LogP contribution in [0.4, 0.5) is 0 Å². The van der Waals surface area contributed by atoms with Gasteiger partial charge >= 0.3 is 0 Å². The van der Waals surface area contributed by atoms with E-state index in [2.05, 4.69) is 12.2 Å². The molecule has 1 aliphatic carbocycles. The number of carbonyl (C=O) groups is 1. The molecule has 0 aromatic carbocycles. The lowest BCUT2D eigenvalue weighted by Crippen LogP contribution is -2.41. The summed E-state index contributed by atoms with van der Waals surface area (Å²) >= 11 is 1.90. The fraction of sp³-hybridized carbons (Fsp3) is 0.909. The lowest BCUT2D eigenvalue weighted by atomic mass is 9.91. The van der Waals surface area contributed by atoms with Gasteiger partial charge in [-0.1, -0.05) is 19.8 Å². The first-order valence-electron chi connectivity index (χ1n) is 5.71. The molecule has 0 spiro atoms. The van der Waals surface area contributed by atoms with Gasteiger partial charge in [0.05, 0.1) is 6.04 Å². The number of likely N-dealkylation sites (N-methyl/N-ethyl adjacent to an activating group) is 1. The Morgan fingerprint density at radius 1 is 1.60 bits per heavy atom. The predicted octanol–water partition coefficient (Wildman–Crippen LogP) is 1.37. The Morgan fingerprint density at radius 2 is 2.33 bits per heavy atom. The Morgan fingerprint density at radius 3 is 2.87 bits per heavy atom. The number of thioether (sulfide) groups is 1. The van der Waals surface area contributed by atoms with E-state index in [9.17, 15) is 4.79 Å². The van der Waals surface area contributed by atoms with E-state index in [1.807, 2.05) is 11.8 Å². The van der Waals surface area contributed by atoms with Crippen molar-refractivity contribution in [1.82, 2.24) is 5.32 Å². The minimum atomic E-state index is -0.242. The molecule has 4 heteroatoms. The van der Waals surface area contributed by atoms with Crippen molar-refractivity contribution in [2.45, 2.75) is 43.9 Å². The van der Waals surface area contributed by atoms with Crippen molar-refractivity contribution < 1.29 is 4.79 Å². The summed E-state index contributed by atoms with van der Waals surface area (Å²) in [6.45, 7) is 2.32. The molecule has 1 saturated carbocycles. The van der Waals surface area contributed by atoms with Crippen LogP contribution < -0.4 is 11.1 Å². The highest BCUT2D eigenvalue weighted by Crippen LogP contribution is 2.32. The molecule has 0 aromatic heterocycles. The third-order valence-corrected chi connectivity index (χ3v) is 4.50. The van der Waals surface area contributed by atoms with Crippen molar-refractivity contribution >= 4 is 17.7 Å². The molecular formula is C11H22N2OS. The van der Waals surface area contributed by atoms with Crippen molar-refractivity contribution in [2.75, 3.05) is 12.8 Å². The van der Waals surface area contributed by atoms with Crippen LogP contribution in [-0.2, 0) is 4.79 Å². The summed E-state index contributed by atoms with van der Waals surface area (Å²) in [5.74, 6) is 1.41. The standard InChI is InChI=1S/C11H22N2OS/c1-8-4-3-5-9(6-8)15-7-10(13-2)11(12)14/h8-10,13H,3-7H2,1-2H3,(H2,12,14). The quantitative estimate of drug-likeness (QED) is 0.750. The molecule has 1 aliphatic rings. The molecular weight excluding hydrogens is 208 g/mol. The average molecular weight is 230 g/mol. The number of rotatable bonds is 5. The number of nitrogens with one attached hydrogen (secondary N) is 1. The first-order valence-corrected chi connectivity index (χ1v) is 6.76. The van der Waals surface area contributed by atoms with E-state index in [0.717, 1.165) is 16.9 Å². The fourth-order valence-electron chi connectivity index (χ4n) is 2.07. The van der Waals surface area contributed by atoms with Crippen LogP contribution in [0.25, 0.3) is 0 Å². The fourth-order valence-corrected chi connectivity index (χ4v) is 3.66. The SMILES string of the molecule is CNC(CSC1CCCC(C)C1)C(N)=O. The Bertz CT molecular complexity index is 211. The normalized spacial score (nSPS) is 28.7. The van der Waals surface area contributed by atoms with Crippen LogP contribution in [0.5, 0.6) is 0 Å². The maximum absolute atomic E-state index is 11.0. The summed E-state index contributed by atoms with van der Waals surface area (Å²) in [7, 11) is 1.79. The lowest BCUT2D eigenvalue weighted by molar-refractivity contribution is -0.119. The van der Waals surface area contributed by atoms with Crippen LogP contribution >= 0.6 is 11.8 Å². The first kappa shape index (κ1) is 12.8. The van der Waals surface area contributed by atoms with Crippen molar-refractivity contribution in [1.29, 1.82) is 0 Å². The van der Waals surface area contributed by atoms with Crippen LogP contribution in [0.3, 0.4) is 0 Å². The van der Waals surface area contributed by atoms with Gasteiger partial charge in [0.25, 0.3) is 0 Å². The molecule has 3 atom stereocenters. The average Bonchev–Trinajstić information content (AvgIpc) is 2.18. The number of amides is 1. The molecule has 0 saturated heterocycles. The van der Waals surface area contributed by atoms with Gasteiger partial charge in [0.15, 0.2) is 0 Å². The van der Waals surface area contributed by atoms with Crippen LogP contribution in [0.15, 0.2) is 0 Å². The second kappa shape index (κ2) is 6.38.